The van der Waals surface area contributed by atoms with Crippen molar-refractivity contribution in [2.24, 2.45) is 0 Å². The van der Waals surface area contributed by atoms with Gasteiger partial charge in [0.05, 0.1) is 11.8 Å². The third kappa shape index (κ3) is 3.12. The Kier molecular flexibility index (Phi) is 4.11. The molecule has 1 aromatic heterocycles. The van der Waals surface area contributed by atoms with Crippen LogP contribution in [0.1, 0.15) is 17.2 Å². The lowest BCUT2D eigenvalue weighted by atomic mass is 10.1. The summed E-state index contributed by atoms with van der Waals surface area (Å²) in [7, 11) is 0. The Bertz CT molecular complexity index is 741. The van der Waals surface area contributed by atoms with E-state index in [1.165, 1.54) is 0 Å². The topological polar surface area (TPSA) is 75.9 Å². The monoisotopic (exact) mass is 295 g/mol. The summed E-state index contributed by atoms with van der Waals surface area (Å²) in [5.41, 5.74) is 2.84. The maximum Gasteiger partial charge on any atom is 0.247 e. The zero-order valence-electron chi connectivity index (χ0n) is 12.2. The number of tetrazole rings is 1. The van der Waals surface area contributed by atoms with Gasteiger partial charge in [0.25, 0.3) is 0 Å². The van der Waals surface area contributed by atoms with Gasteiger partial charge in [-0.25, -0.2) is 0 Å². The van der Waals surface area contributed by atoms with Crippen molar-refractivity contribution in [1.29, 1.82) is 0 Å². The standard InChI is InChI=1S/C16H17N5O/c1-12-6-5-7-13(10-12)15(22)11-17-16-18-19-20-21(16)14-8-3-2-4-9-14/h2-10,15,22H,11H2,1H3,(H,17,18,20). The van der Waals surface area contributed by atoms with Crippen LogP contribution in [0.15, 0.2) is 54.6 Å². The molecule has 0 spiro atoms. The molecule has 0 amide bonds. The molecule has 0 aliphatic heterocycles. The molecule has 1 unspecified atom stereocenters. The maximum absolute atomic E-state index is 10.3. The van der Waals surface area contributed by atoms with E-state index in [1.807, 2.05) is 61.5 Å². The van der Waals surface area contributed by atoms with Crippen LogP contribution in [0.5, 0.6) is 0 Å². The number of aromatic nitrogens is 4. The molecule has 6 nitrogen and oxygen atoms in total. The number of nitrogens with zero attached hydrogens (tertiary/aromatic N) is 4. The van der Waals surface area contributed by atoms with Crippen molar-refractivity contribution in [2.45, 2.75) is 13.0 Å². The van der Waals surface area contributed by atoms with E-state index < -0.39 is 6.10 Å². The number of benzene rings is 2. The number of aliphatic hydroxyl groups is 1. The van der Waals surface area contributed by atoms with Crippen LogP contribution in [0.4, 0.5) is 5.95 Å². The summed E-state index contributed by atoms with van der Waals surface area (Å²) in [5.74, 6) is 0.498. The molecule has 2 N–H and O–H groups in total. The van der Waals surface area contributed by atoms with Gasteiger partial charge in [0.15, 0.2) is 0 Å². The Morgan fingerprint density at radius 1 is 1.14 bits per heavy atom. The maximum atomic E-state index is 10.3. The Morgan fingerprint density at radius 3 is 2.73 bits per heavy atom. The van der Waals surface area contributed by atoms with Gasteiger partial charge >= 0.3 is 0 Å². The smallest absolute Gasteiger partial charge is 0.247 e. The highest BCUT2D eigenvalue weighted by molar-refractivity contribution is 5.38. The number of aliphatic hydroxyl groups excluding tert-OH is 1. The number of hydrogen-bond acceptors (Lipinski definition) is 5. The lowest BCUT2D eigenvalue weighted by molar-refractivity contribution is 0.191. The van der Waals surface area contributed by atoms with Crippen LogP contribution < -0.4 is 5.32 Å². The lowest BCUT2D eigenvalue weighted by Gasteiger charge is -2.13. The first-order valence-electron chi connectivity index (χ1n) is 7.06. The normalized spacial score (nSPS) is 12.1. The average Bonchev–Trinajstić information content (AvgIpc) is 3.02. The average molecular weight is 295 g/mol. The fourth-order valence-corrected chi connectivity index (χ4v) is 2.22. The Balaban J connectivity index is 1.71. The van der Waals surface area contributed by atoms with E-state index in [-0.39, 0.29) is 0 Å². The van der Waals surface area contributed by atoms with Crippen molar-refractivity contribution in [3.05, 3.63) is 65.7 Å². The van der Waals surface area contributed by atoms with Crippen molar-refractivity contribution in [3.63, 3.8) is 0 Å². The number of nitrogens with one attached hydrogen (secondary N) is 1. The van der Waals surface area contributed by atoms with Crippen LogP contribution in [0, 0.1) is 6.92 Å². The molecule has 0 radical (unpaired) electrons. The van der Waals surface area contributed by atoms with Gasteiger partial charge in [-0.1, -0.05) is 53.1 Å². The minimum Gasteiger partial charge on any atom is -0.387 e. The predicted molar refractivity (Wildman–Crippen MR) is 83.8 cm³/mol. The summed E-state index contributed by atoms with van der Waals surface area (Å²) in [5, 5.41) is 25.0. The number of anilines is 1. The van der Waals surface area contributed by atoms with Crippen LogP contribution in [-0.4, -0.2) is 31.9 Å². The molecule has 6 heteroatoms. The first-order valence-corrected chi connectivity index (χ1v) is 7.06. The Hall–Kier alpha value is -2.73. The lowest BCUT2D eigenvalue weighted by Crippen LogP contribution is -2.15. The Morgan fingerprint density at radius 2 is 1.95 bits per heavy atom. The molecule has 2 aromatic carbocycles. The van der Waals surface area contributed by atoms with Gasteiger partial charge in [0.1, 0.15) is 0 Å². The second-order valence-corrected chi connectivity index (χ2v) is 5.06. The molecule has 3 aromatic rings. The van der Waals surface area contributed by atoms with Gasteiger partial charge in [-0.3, -0.25) is 0 Å². The molecular formula is C16H17N5O. The number of aryl methyl sites for hydroxylation is 1. The number of hydrogen-bond donors (Lipinski definition) is 2. The molecule has 112 valence electrons. The van der Waals surface area contributed by atoms with E-state index in [9.17, 15) is 5.11 Å². The molecule has 1 heterocycles. The first kappa shape index (κ1) is 14.2. The quantitative estimate of drug-likeness (QED) is 0.754. The molecule has 0 aliphatic carbocycles. The van der Waals surface area contributed by atoms with E-state index in [0.717, 1.165) is 16.8 Å². The summed E-state index contributed by atoms with van der Waals surface area (Å²) in [4.78, 5) is 0. The van der Waals surface area contributed by atoms with Crippen LogP contribution in [-0.2, 0) is 0 Å². The third-order valence-corrected chi connectivity index (χ3v) is 3.35. The van der Waals surface area contributed by atoms with Crippen LogP contribution >= 0.6 is 0 Å². The van der Waals surface area contributed by atoms with Gasteiger partial charge < -0.3 is 10.4 Å². The van der Waals surface area contributed by atoms with Crippen LogP contribution in [0.25, 0.3) is 5.69 Å². The van der Waals surface area contributed by atoms with Crippen LogP contribution in [0.2, 0.25) is 0 Å². The van der Waals surface area contributed by atoms with E-state index in [1.54, 1.807) is 4.68 Å². The highest BCUT2D eigenvalue weighted by Crippen LogP contribution is 2.16. The molecule has 0 saturated carbocycles. The molecule has 0 saturated heterocycles. The second-order valence-electron chi connectivity index (χ2n) is 5.06. The summed E-state index contributed by atoms with van der Waals surface area (Å²) in [6, 6.07) is 17.4. The molecule has 1 atom stereocenters. The fourth-order valence-electron chi connectivity index (χ4n) is 2.22. The van der Waals surface area contributed by atoms with E-state index in [2.05, 4.69) is 20.8 Å². The molecule has 0 bridgehead atoms. The van der Waals surface area contributed by atoms with Gasteiger partial charge in [-0.15, -0.1) is 0 Å². The highest BCUT2D eigenvalue weighted by atomic mass is 16.3. The van der Waals surface area contributed by atoms with Crippen molar-refractivity contribution >= 4 is 5.95 Å². The van der Waals surface area contributed by atoms with Gasteiger partial charge in [0.2, 0.25) is 5.95 Å². The molecule has 0 fully saturated rings. The third-order valence-electron chi connectivity index (χ3n) is 3.35. The molecule has 22 heavy (non-hydrogen) atoms. The molecule has 0 aliphatic rings. The number of rotatable bonds is 5. The van der Waals surface area contributed by atoms with Gasteiger partial charge in [-0.05, 0) is 35.0 Å². The summed E-state index contributed by atoms with van der Waals surface area (Å²) < 4.78 is 1.60. The summed E-state index contributed by atoms with van der Waals surface area (Å²) >= 11 is 0. The highest BCUT2D eigenvalue weighted by Gasteiger charge is 2.11. The second kappa shape index (κ2) is 6.36. The fraction of sp³-hybridized carbons (Fsp3) is 0.188. The van der Waals surface area contributed by atoms with Crippen molar-refractivity contribution < 1.29 is 5.11 Å². The summed E-state index contributed by atoms with van der Waals surface area (Å²) in [6.07, 6.45) is -0.624. The largest absolute Gasteiger partial charge is 0.387 e. The molecular weight excluding hydrogens is 278 g/mol. The van der Waals surface area contributed by atoms with Crippen molar-refractivity contribution in [2.75, 3.05) is 11.9 Å². The van der Waals surface area contributed by atoms with Crippen molar-refractivity contribution in [3.8, 4) is 5.69 Å². The predicted octanol–water partition coefficient (Wildman–Crippen LogP) is 2.12. The zero-order chi connectivity index (χ0) is 15.4. The van der Waals surface area contributed by atoms with Crippen LogP contribution in [0.3, 0.4) is 0 Å². The van der Waals surface area contributed by atoms with Crippen molar-refractivity contribution in [1.82, 2.24) is 20.2 Å². The van der Waals surface area contributed by atoms with Gasteiger partial charge in [0, 0.05) is 6.54 Å². The zero-order valence-corrected chi connectivity index (χ0v) is 12.2. The van der Waals surface area contributed by atoms with E-state index in [0.29, 0.717) is 12.5 Å². The summed E-state index contributed by atoms with van der Waals surface area (Å²) in [6.45, 7) is 2.33. The van der Waals surface area contributed by atoms with E-state index >= 15 is 0 Å². The minimum atomic E-state index is -0.624. The van der Waals surface area contributed by atoms with E-state index in [4.69, 9.17) is 0 Å². The SMILES string of the molecule is Cc1cccc(C(O)CNc2nnnn2-c2ccccc2)c1. The first-order chi connectivity index (χ1) is 10.7. The molecule has 3 rings (SSSR count). The Labute approximate surface area is 128 Å². The van der Waals surface area contributed by atoms with Gasteiger partial charge in [-0.2, -0.15) is 4.68 Å². The minimum absolute atomic E-state index is 0.330. The number of para-hydroxylation sites is 1.